The van der Waals surface area contributed by atoms with Gasteiger partial charge in [-0.15, -0.1) is 0 Å². The Bertz CT molecular complexity index is 464. The van der Waals surface area contributed by atoms with E-state index in [1.165, 1.54) is 19.2 Å². The van der Waals surface area contributed by atoms with Crippen LogP contribution < -0.4 is 0 Å². The molecule has 104 valence electrons. The van der Waals surface area contributed by atoms with Gasteiger partial charge in [-0.3, -0.25) is 4.90 Å². The molecule has 19 heavy (non-hydrogen) atoms. The zero-order valence-electron chi connectivity index (χ0n) is 10.9. The maximum atomic E-state index is 13.2. The van der Waals surface area contributed by atoms with E-state index in [2.05, 4.69) is 9.64 Å². The van der Waals surface area contributed by atoms with Crippen LogP contribution in [0.5, 0.6) is 0 Å². The standard InChI is InChI=1S/C14H18FNO3/c1-19-14(18)13-7-11(15)5-4-10(13)8-16-6-2-3-12(16)9-17/h4-5,7,12,17H,2-3,6,8-9H2,1H3. The van der Waals surface area contributed by atoms with Gasteiger partial charge in [0.25, 0.3) is 0 Å². The smallest absolute Gasteiger partial charge is 0.338 e. The zero-order chi connectivity index (χ0) is 13.8. The molecule has 1 aliphatic rings. The Balaban J connectivity index is 2.22. The van der Waals surface area contributed by atoms with Crippen LogP contribution in [0.15, 0.2) is 18.2 Å². The van der Waals surface area contributed by atoms with Crippen molar-refractivity contribution in [2.24, 2.45) is 0 Å². The first-order valence-electron chi connectivity index (χ1n) is 6.37. The Kier molecular flexibility index (Phi) is 4.50. The third-order valence-electron chi connectivity index (χ3n) is 3.56. The molecule has 1 aromatic carbocycles. The normalized spacial score (nSPS) is 19.6. The molecule has 1 aromatic rings. The quantitative estimate of drug-likeness (QED) is 0.841. The fourth-order valence-corrected chi connectivity index (χ4v) is 2.52. The fraction of sp³-hybridized carbons (Fsp3) is 0.500. The summed E-state index contributed by atoms with van der Waals surface area (Å²) in [6.07, 6.45) is 1.98. The highest BCUT2D eigenvalue weighted by atomic mass is 19.1. The van der Waals surface area contributed by atoms with Gasteiger partial charge < -0.3 is 9.84 Å². The third-order valence-corrected chi connectivity index (χ3v) is 3.56. The SMILES string of the molecule is COC(=O)c1cc(F)ccc1CN1CCCC1CO. The minimum atomic E-state index is -0.533. The number of esters is 1. The number of likely N-dealkylation sites (tertiary alicyclic amines) is 1. The van der Waals surface area contributed by atoms with Crippen molar-refractivity contribution in [2.75, 3.05) is 20.3 Å². The number of hydrogen-bond donors (Lipinski definition) is 1. The number of benzene rings is 1. The van der Waals surface area contributed by atoms with E-state index < -0.39 is 11.8 Å². The van der Waals surface area contributed by atoms with Gasteiger partial charge in [-0.2, -0.15) is 0 Å². The predicted molar refractivity (Wildman–Crippen MR) is 68.3 cm³/mol. The number of hydrogen-bond acceptors (Lipinski definition) is 4. The van der Waals surface area contributed by atoms with E-state index in [4.69, 9.17) is 0 Å². The first-order valence-corrected chi connectivity index (χ1v) is 6.37. The second-order valence-electron chi connectivity index (χ2n) is 4.74. The number of carbonyl (C=O) groups is 1. The van der Waals surface area contributed by atoms with Crippen LogP contribution in [0, 0.1) is 5.82 Å². The largest absolute Gasteiger partial charge is 0.465 e. The number of aliphatic hydroxyl groups is 1. The average Bonchev–Trinajstić information content (AvgIpc) is 2.87. The van der Waals surface area contributed by atoms with Gasteiger partial charge in [-0.1, -0.05) is 6.07 Å². The van der Waals surface area contributed by atoms with Gasteiger partial charge in [-0.25, -0.2) is 9.18 Å². The average molecular weight is 267 g/mol. The van der Waals surface area contributed by atoms with E-state index in [0.717, 1.165) is 24.9 Å². The molecule has 0 saturated carbocycles. The first kappa shape index (κ1) is 14.0. The summed E-state index contributed by atoms with van der Waals surface area (Å²) in [4.78, 5) is 13.8. The van der Waals surface area contributed by atoms with Crippen LogP contribution in [0.2, 0.25) is 0 Å². The van der Waals surface area contributed by atoms with Gasteiger partial charge in [0.2, 0.25) is 0 Å². The van der Waals surface area contributed by atoms with Crippen molar-refractivity contribution in [3.63, 3.8) is 0 Å². The van der Waals surface area contributed by atoms with Crippen LogP contribution in [0.25, 0.3) is 0 Å². The molecule has 1 unspecified atom stereocenters. The number of methoxy groups -OCH3 is 1. The van der Waals surface area contributed by atoms with Crippen molar-refractivity contribution in [3.05, 3.63) is 35.1 Å². The summed E-state index contributed by atoms with van der Waals surface area (Å²) in [5.41, 5.74) is 0.986. The van der Waals surface area contributed by atoms with Crippen LogP contribution in [0.4, 0.5) is 4.39 Å². The highest BCUT2D eigenvalue weighted by molar-refractivity contribution is 5.91. The molecule has 0 spiro atoms. The Hall–Kier alpha value is -1.46. The Labute approximate surface area is 111 Å². The number of nitrogens with zero attached hydrogens (tertiary/aromatic N) is 1. The maximum absolute atomic E-state index is 13.2. The van der Waals surface area contributed by atoms with E-state index >= 15 is 0 Å². The minimum absolute atomic E-state index is 0.106. The van der Waals surface area contributed by atoms with Gasteiger partial charge in [0.15, 0.2) is 0 Å². The van der Waals surface area contributed by atoms with Gasteiger partial charge >= 0.3 is 5.97 Å². The molecule has 1 atom stereocenters. The Morgan fingerprint density at radius 3 is 3.05 bits per heavy atom. The van der Waals surface area contributed by atoms with Gasteiger partial charge in [0.1, 0.15) is 5.82 Å². The van der Waals surface area contributed by atoms with E-state index in [1.54, 1.807) is 6.07 Å². The topological polar surface area (TPSA) is 49.8 Å². The van der Waals surface area contributed by atoms with E-state index in [0.29, 0.717) is 6.54 Å². The van der Waals surface area contributed by atoms with Crippen molar-refractivity contribution in [1.29, 1.82) is 0 Å². The molecular formula is C14H18FNO3. The monoisotopic (exact) mass is 267 g/mol. The number of aliphatic hydroxyl groups excluding tert-OH is 1. The van der Waals surface area contributed by atoms with Crippen molar-refractivity contribution in [2.45, 2.75) is 25.4 Å². The molecule has 0 aliphatic carbocycles. The summed E-state index contributed by atoms with van der Waals surface area (Å²) in [5, 5.41) is 9.29. The summed E-state index contributed by atoms with van der Waals surface area (Å²) in [7, 11) is 1.28. The van der Waals surface area contributed by atoms with E-state index in [1.807, 2.05) is 0 Å². The highest BCUT2D eigenvalue weighted by Gasteiger charge is 2.25. The van der Waals surface area contributed by atoms with Crippen LogP contribution in [0.1, 0.15) is 28.8 Å². The summed E-state index contributed by atoms with van der Waals surface area (Å²) in [5.74, 6) is -0.987. The molecule has 5 heteroatoms. The lowest BCUT2D eigenvalue weighted by Crippen LogP contribution is -2.32. The summed E-state index contributed by atoms with van der Waals surface area (Å²) in [6, 6.07) is 4.27. The Morgan fingerprint density at radius 1 is 1.58 bits per heavy atom. The molecule has 0 radical (unpaired) electrons. The van der Waals surface area contributed by atoms with E-state index in [9.17, 15) is 14.3 Å². The second kappa shape index (κ2) is 6.12. The van der Waals surface area contributed by atoms with Gasteiger partial charge in [0.05, 0.1) is 19.3 Å². The molecule has 1 N–H and O–H groups in total. The molecule has 2 rings (SSSR count). The fourth-order valence-electron chi connectivity index (χ4n) is 2.52. The first-order chi connectivity index (χ1) is 9.15. The number of carbonyl (C=O) groups excluding carboxylic acids is 1. The molecule has 1 aliphatic heterocycles. The molecule has 0 aromatic heterocycles. The maximum Gasteiger partial charge on any atom is 0.338 e. The van der Waals surface area contributed by atoms with Crippen LogP contribution in [0.3, 0.4) is 0 Å². The summed E-state index contributed by atoms with van der Waals surface area (Å²) >= 11 is 0. The molecular weight excluding hydrogens is 249 g/mol. The van der Waals surface area contributed by atoms with Gasteiger partial charge in [0, 0.05) is 12.6 Å². The second-order valence-corrected chi connectivity index (χ2v) is 4.74. The third kappa shape index (κ3) is 3.11. The van der Waals surface area contributed by atoms with Crippen molar-refractivity contribution < 1.29 is 19.0 Å². The van der Waals surface area contributed by atoms with E-state index in [-0.39, 0.29) is 18.2 Å². The Morgan fingerprint density at radius 2 is 2.37 bits per heavy atom. The lowest BCUT2D eigenvalue weighted by molar-refractivity contribution is 0.0597. The number of halogens is 1. The molecule has 1 fully saturated rings. The molecule has 0 amide bonds. The molecule has 1 saturated heterocycles. The van der Waals surface area contributed by atoms with Gasteiger partial charge in [-0.05, 0) is 37.1 Å². The van der Waals surface area contributed by atoms with Crippen LogP contribution in [-0.4, -0.2) is 42.3 Å². The van der Waals surface area contributed by atoms with Crippen LogP contribution in [-0.2, 0) is 11.3 Å². The summed E-state index contributed by atoms with van der Waals surface area (Å²) in [6.45, 7) is 1.51. The zero-order valence-corrected chi connectivity index (χ0v) is 10.9. The molecule has 4 nitrogen and oxygen atoms in total. The lowest BCUT2D eigenvalue weighted by atomic mass is 10.1. The molecule has 0 bridgehead atoms. The van der Waals surface area contributed by atoms with Crippen LogP contribution >= 0.6 is 0 Å². The van der Waals surface area contributed by atoms with Crippen molar-refractivity contribution >= 4 is 5.97 Å². The summed E-state index contributed by atoms with van der Waals surface area (Å²) < 4.78 is 17.9. The van der Waals surface area contributed by atoms with Crippen molar-refractivity contribution in [3.8, 4) is 0 Å². The molecule has 1 heterocycles. The number of rotatable bonds is 4. The van der Waals surface area contributed by atoms with Crippen molar-refractivity contribution in [1.82, 2.24) is 4.90 Å². The highest BCUT2D eigenvalue weighted by Crippen LogP contribution is 2.22. The minimum Gasteiger partial charge on any atom is -0.465 e. The number of ether oxygens (including phenoxy) is 1. The lowest BCUT2D eigenvalue weighted by Gasteiger charge is -2.23. The predicted octanol–water partition coefficient (Wildman–Crippen LogP) is 1.57.